The molecule has 1 N–H and O–H groups in total. The summed E-state index contributed by atoms with van der Waals surface area (Å²) in [5.74, 6) is 0.100. The van der Waals surface area contributed by atoms with Gasteiger partial charge in [-0.05, 0) is 61.1 Å². The average Bonchev–Trinajstić information content (AvgIpc) is 2.87. The smallest absolute Gasteiger partial charge is 0.264 e. The van der Waals surface area contributed by atoms with Crippen molar-refractivity contribution < 1.29 is 17.9 Å². The number of nitrogens with zero attached hydrogens (tertiary/aromatic N) is 1. The van der Waals surface area contributed by atoms with Crippen LogP contribution in [0.25, 0.3) is 0 Å². The second-order valence-corrected chi connectivity index (χ2v) is 10.4. The first-order chi connectivity index (χ1) is 16.4. The second kappa shape index (κ2) is 11.9. The third-order valence-electron chi connectivity index (χ3n) is 5.34. The van der Waals surface area contributed by atoms with Crippen molar-refractivity contribution in [1.82, 2.24) is 5.32 Å². The third kappa shape index (κ3) is 6.33. The number of anilines is 1. The second-order valence-electron chi connectivity index (χ2n) is 7.70. The lowest BCUT2D eigenvalue weighted by atomic mass is 10.0. The minimum absolute atomic E-state index is 0.0880. The van der Waals surface area contributed by atoms with E-state index in [-0.39, 0.29) is 17.4 Å². The van der Waals surface area contributed by atoms with Crippen LogP contribution < -0.4 is 14.4 Å². The number of carbonyl (C=O) groups is 1. The lowest BCUT2D eigenvalue weighted by molar-refractivity contribution is -0.119. The normalized spacial score (nSPS) is 12.1. The molecule has 0 spiro atoms. The Labute approximate surface area is 206 Å². The van der Waals surface area contributed by atoms with Crippen LogP contribution in [-0.2, 0) is 14.8 Å². The highest BCUT2D eigenvalue weighted by Crippen LogP contribution is 2.33. The average molecular weight is 499 g/mol. The quantitative estimate of drug-likeness (QED) is 0.380. The molecule has 0 saturated heterocycles. The summed E-state index contributed by atoms with van der Waals surface area (Å²) in [7, 11) is -4.02. The number of para-hydroxylation sites is 2. The number of hydrogen-bond donors (Lipinski definition) is 1. The number of nitrogens with one attached hydrogen (secondary N) is 1. The molecule has 0 radical (unpaired) electrons. The maximum atomic E-state index is 13.7. The van der Waals surface area contributed by atoms with E-state index in [0.717, 1.165) is 14.8 Å². The van der Waals surface area contributed by atoms with Crippen molar-refractivity contribution in [2.45, 2.75) is 29.6 Å². The van der Waals surface area contributed by atoms with E-state index in [4.69, 9.17) is 4.74 Å². The zero-order valence-electron chi connectivity index (χ0n) is 19.6. The predicted molar refractivity (Wildman–Crippen MR) is 138 cm³/mol. The Morgan fingerprint density at radius 2 is 1.65 bits per heavy atom. The summed E-state index contributed by atoms with van der Waals surface area (Å²) >= 11 is 1.53. The Bertz CT molecular complexity index is 1180. The van der Waals surface area contributed by atoms with E-state index in [1.165, 1.54) is 11.8 Å². The fourth-order valence-corrected chi connectivity index (χ4v) is 5.31. The van der Waals surface area contributed by atoms with Crippen molar-refractivity contribution in [3.8, 4) is 5.75 Å². The van der Waals surface area contributed by atoms with Gasteiger partial charge in [-0.15, -0.1) is 11.8 Å². The van der Waals surface area contributed by atoms with Gasteiger partial charge in [0.05, 0.1) is 17.2 Å². The molecule has 0 aliphatic rings. The highest BCUT2D eigenvalue weighted by atomic mass is 32.2. The molecule has 34 heavy (non-hydrogen) atoms. The summed E-state index contributed by atoms with van der Waals surface area (Å²) in [6.07, 6.45) is 1.93. The summed E-state index contributed by atoms with van der Waals surface area (Å²) in [5, 5.41) is 2.89. The number of ether oxygens (including phenoxy) is 1. The largest absolute Gasteiger partial charge is 0.492 e. The molecule has 8 heteroatoms. The van der Waals surface area contributed by atoms with Gasteiger partial charge >= 0.3 is 0 Å². The monoisotopic (exact) mass is 498 g/mol. The molecule has 0 aliphatic heterocycles. The molecule has 0 fully saturated rings. The number of sulfonamides is 1. The van der Waals surface area contributed by atoms with Crippen molar-refractivity contribution in [3.05, 3.63) is 84.4 Å². The van der Waals surface area contributed by atoms with Gasteiger partial charge in [0.15, 0.2) is 0 Å². The van der Waals surface area contributed by atoms with Crippen LogP contribution >= 0.6 is 11.8 Å². The zero-order valence-corrected chi connectivity index (χ0v) is 21.2. The van der Waals surface area contributed by atoms with Crippen LogP contribution in [0.15, 0.2) is 88.7 Å². The van der Waals surface area contributed by atoms with Gasteiger partial charge in [-0.3, -0.25) is 9.10 Å². The van der Waals surface area contributed by atoms with Gasteiger partial charge < -0.3 is 10.1 Å². The first kappa shape index (κ1) is 25.6. The molecule has 0 heterocycles. The highest BCUT2D eigenvalue weighted by molar-refractivity contribution is 7.98. The van der Waals surface area contributed by atoms with Crippen LogP contribution in [0.4, 0.5) is 5.69 Å². The lowest BCUT2D eigenvalue weighted by Gasteiger charge is -2.26. The van der Waals surface area contributed by atoms with E-state index >= 15 is 0 Å². The Balaban J connectivity index is 1.88. The fraction of sp³-hybridized carbons (Fsp3) is 0.269. The molecular weight excluding hydrogens is 468 g/mol. The fourth-order valence-electron chi connectivity index (χ4n) is 3.47. The van der Waals surface area contributed by atoms with Crippen molar-refractivity contribution >= 4 is 33.4 Å². The van der Waals surface area contributed by atoms with E-state index in [2.05, 4.69) is 5.32 Å². The minimum atomic E-state index is -4.02. The molecule has 0 bridgehead atoms. The van der Waals surface area contributed by atoms with Gasteiger partial charge in [0.25, 0.3) is 10.0 Å². The Hall–Kier alpha value is -2.97. The molecule has 3 aromatic carbocycles. The molecule has 1 atom stereocenters. The molecule has 0 aliphatic carbocycles. The van der Waals surface area contributed by atoms with Crippen LogP contribution in [0, 0.1) is 0 Å². The van der Waals surface area contributed by atoms with Crippen molar-refractivity contribution in [2.24, 2.45) is 0 Å². The number of benzene rings is 3. The summed E-state index contributed by atoms with van der Waals surface area (Å²) in [4.78, 5) is 14.0. The standard InChI is InChI=1S/C26H30N2O4S2/c1-4-32-25-13-9-8-12-24(25)28(34(30,31)23-16-14-22(33-3)15-17-23)19-26(29)27-18-20(2)21-10-6-5-7-11-21/h5-17,20H,4,18-19H2,1-3H3,(H,27,29)/t20-/m1/s1. The van der Waals surface area contributed by atoms with Crippen molar-refractivity contribution in [3.63, 3.8) is 0 Å². The Morgan fingerprint density at radius 3 is 2.29 bits per heavy atom. The molecular formula is C26H30N2O4S2. The predicted octanol–water partition coefficient (Wildman–Crippen LogP) is 4.92. The topological polar surface area (TPSA) is 75.7 Å². The molecule has 1 amide bonds. The van der Waals surface area contributed by atoms with Crippen LogP contribution in [0.1, 0.15) is 25.3 Å². The summed E-state index contributed by atoms with van der Waals surface area (Å²) in [6, 6.07) is 23.3. The lowest BCUT2D eigenvalue weighted by Crippen LogP contribution is -2.42. The van der Waals surface area contributed by atoms with Gasteiger partial charge in [-0.1, -0.05) is 49.4 Å². The van der Waals surface area contributed by atoms with Crippen molar-refractivity contribution in [2.75, 3.05) is 30.3 Å². The van der Waals surface area contributed by atoms with E-state index in [1.54, 1.807) is 48.5 Å². The number of rotatable bonds is 11. The Morgan fingerprint density at radius 1 is 1.00 bits per heavy atom. The van der Waals surface area contributed by atoms with E-state index in [9.17, 15) is 13.2 Å². The number of carbonyl (C=O) groups excluding carboxylic acids is 1. The van der Waals surface area contributed by atoms with Gasteiger partial charge in [0, 0.05) is 11.4 Å². The van der Waals surface area contributed by atoms with Crippen LogP contribution in [-0.4, -0.2) is 40.3 Å². The van der Waals surface area contributed by atoms with Crippen molar-refractivity contribution in [1.29, 1.82) is 0 Å². The summed E-state index contributed by atoms with van der Waals surface area (Å²) in [6.45, 7) is 4.24. The zero-order chi connectivity index (χ0) is 24.6. The number of thioether (sulfide) groups is 1. The third-order valence-corrected chi connectivity index (χ3v) is 7.86. The molecule has 6 nitrogen and oxygen atoms in total. The van der Waals surface area contributed by atoms with E-state index < -0.39 is 15.9 Å². The maximum absolute atomic E-state index is 13.7. The number of hydrogen-bond acceptors (Lipinski definition) is 5. The van der Waals surface area contributed by atoms with E-state index in [0.29, 0.717) is 24.6 Å². The Kier molecular flexibility index (Phi) is 9.01. The molecule has 180 valence electrons. The van der Waals surface area contributed by atoms with E-state index in [1.807, 2.05) is 50.4 Å². The molecule has 3 aromatic rings. The molecule has 0 saturated carbocycles. The van der Waals surface area contributed by atoms with Gasteiger partial charge in [-0.25, -0.2) is 8.42 Å². The summed E-state index contributed by atoms with van der Waals surface area (Å²) in [5.41, 5.74) is 1.42. The SMILES string of the molecule is CCOc1ccccc1N(CC(=O)NC[C@@H](C)c1ccccc1)S(=O)(=O)c1ccc(SC)cc1. The molecule has 0 aromatic heterocycles. The first-order valence-corrected chi connectivity index (χ1v) is 13.7. The van der Waals surface area contributed by atoms with Gasteiger partial charge in [0.1, 0.15) is 12.3 Å². The number of amides is 1. The first-order valence-electron chi connectivity index (χ1n) is 11.1. The van der Waals surface area contributed by atoms with Gasteiger partial charge in [0.2, 0.25) is 5.91 Å². The van der Waals surface area contributed by atoms with Gasteiger partial charge in [-0.2, -0.15) is 0 Å². The maximum Gasteiger partial charge on any atom is 0.264 e. The summed E-state index contributed by atoms with van der Waals surface area (Å²) < 4.78 is 34.1. The molecule has 3 rings (SSSR count). The highest BCUT2D eigenvalue weighted by Gasteiger charge is 2.29. The minimum Gasteiger partial charge on any atom is -0.492 e. The van der Waals surface area contributed by atoms with Crippen LogP contribution in [0.5, 0.6) is 5.75 Å². The van der Waals surface area contributed by atoms with Crippen LogP contribution in [0.2, 0.25) is 0 Å². The van der Waals surface area contributed by atoms with Crippen LogP contribution in [0.3, 0.4) is 0 Å². The molecule has 0 unspecified atom stereocenters.